The molecule has 0 aliphatic carbocycles. The van der Waals surface area contributed by atoms with Crippen LogP contribution in [0.5, 0.6) is 0 Å². The normalized spacial score (nSPS) is 11.2. The predicted molar refractivity (Wildman–Crippen MR) is 72.6 cm³/mol. The monoisotopic (exact) mass is 287 g/mol. The van der Waals surface area contributed by atoms with Gasteiger partial charge in [0.15, 0.2) is 0 Å². The fourth-order valence-corrected chi connectivity index (χ4v) is 2.09. The van der Waals surface area contributed by atoms with Gasteiger partial charge in [0.05, 0.1) is 0 Å². The highest BCUT2D eigenvalue weighted by atomic mass is 79.9. The third-order valence-corrected chi connectivity index (χ3v) is 3.20. The largest absolute Gasteiger partial charge is 0.363 e. The number of halogens is 1. The third-order valence-electron chi connectivity index (χ3n) is 2.75. The summed E-state index contributed by atoms with van der Waals surface area (Å²) in [5.41, 5.74) is 1.23. The van der Waals surface area contributed by atoms with E-state index in [1.54, 1.807) is 0 Å². The minimum Gasteiger partial charge on any atom is -0.363 e. The molecule has 1 aromatic heterocycles. The van der Waals surface area contributed by atoms with Crippen molar-refractivity contribution in [1.29, 1.82) is 0 Å². The van der Waals surface area contributed by atoms with E-state index in [9.17, 15) is 0 Å². The van der Waals surface area contributed by atoms with E-state index in [4.69, 9.17) is 0 Å². The van der Waals surface area contributed by atoms with Crippen LogP contribution < -0.4 is 5.32 Å². The minimum absolute atomic E-state index is 0.920. The predicted octanol–water partition coefficient (Wildman–Crippen LogP) is 2.60. The Balaban J connectivity index is 2.04. The lowest BCUT2D eigenvalue weighted by Crippen LogP contribution is -2.27. The average molecular weight is 288 g/mol. The summed E-state index contributed by atoms with van der Waals surface area (Å²) in [5.74, 6) is 0. The fraction of sp³-hybridized carbons (Fsp3) is 0.667. The van der Waals surface area contributed by atoms with Gasteiger partial charge >= 0.3 is 0 Å². The molecule has 1 aromatic rings. The Morgan fingerprint density at radius 3 is 2.69 bits per heavy atom. The van der Waals surface area contributed by atoms with E-state index in [2.05, 4.69) is 51.0 Å². The smallest absolute Gasteiger partial charge is 0.0357 e. The molecule has 0 amide bonds. The van der Waals surface area contributed by atoms with Gasteiger partial charge in [0.25, 0.3) is 0 Å². The molecule has 92 valence electrons. The number of nitrogens with one attached hydrogen (secondary N) is 2. The van der Waals surface area contributed by atoms with Crippen molar-refractivity contribution < 1.29 is 0 Å². The molecular weight excluding hydrogens is 266 g/mol. The maximum atomic E-state index is 3.44. The number of hydrogen-bond acceptors (Lipinski definition) is 2. The molecule has 0 aromatic carbocycles. The maximum Gasteiger partial charge on any atom is 0.0357 e. The van der Waals surface area contributed by atoms with Gasteiger partial charge in [-0.05, 0) is 54.6 Å². The molecular formula is C12H22BrN3. The van der Waals surface area contributed by atoms with Crippen LogP contribution in [-0.4, -0.2) is 36.1 Å². The van der Waals surface area contributed by atoms with Crippen molar-refractivity contribution in [2.24, 2.45) is 0 Å². The maximum absolute atomic E-state index is 3.44. The first-order valence-corrected chi connectivity index (χ1v) is 6.81. The molecule has 3 nitrogen and oxygen atoms in total. The summed E-state index contributed by atoms with van der Waals surface area (Å²) in [6, 6.07) is 2.11. The molecule has 0 fully saturated rings. The summed E-state index contributed by atoms with van der Waals surface area (Å²) in [5, 5.41) is 3.44. The molecule has 0 bridgehead atoms. The summed E-state index contributed by atoms with van der Waals surface area (Å²) in [7, 11) is 0. The number of nitrogens with zero attached hydrogens (tertiary/aromatic N) is 1. The van der Waals surface area contributed by atoms with Gasteiger partial charge < -0.3 is 15.2 Å². The van der Waals surface area contributed by atoms with E-state index in [0.29, 0.717) is 0 Å². The summed E-state index contributed by atoms with van der Waals surface area (Å²) in [6.07, 6.45) is 3.18. The molecule has 0 saturated carbocycles. The van der Waals surface area contributed by atoms with Crippen molar-refractivity contribution in [2.75, 3.05) is 26.2 Å². The molecule has 1 rings (SSSR count). The van der Waals surface area contributed by atoms with E-state index in [1.807, 2.05) is 6.20 Å². The molecule has 0 unspecified atom stereocenters. The quantitative estimate of drug-likeness (QED) is 0.720. The minimum atomic E-state index is 0.920. The molecule has 0 radical (unpaired) electrons. The average Bonchev–Trinajstić information content (AvgIpc) is 2.70. The zero-order valence-electron chi connectivity index (χ0n) is 10.2. The molecule has 16 heavy (non-hydrogen) atoms. The van der Waals surface area contributed by atoms with E-state index in [1.165, 1.54) is 18.7 Å². The number of hydrogen-bond donors (Lipinski definition) is 2. The highest BCUT2D eigenvalue weighted by molar-refractivity contribution is 9.10. The van der Waals surface area contributed by atoms with Gasteiger partial charge in [0.1, 0.15) is 0 Å². The summed E-state index contributed by atoms with van der Waals surface area (Å²) in [4.78, 5) is 5.66. The Hall–Kier alpha value is -0.320. The Morgan fingerprint density at radius 2 is 2.12 bits per heavy atom. The molecule has 0 aliphatic heterocycles. The summed E-state index contributed by atoms with van der Waals surface area (Å²) in [6.45, 7) is 9.92. The second kappa shape index (κ2) is 7.87. The van der Waals surface area contributed by atoms with E-state index >= 15 is 0 Å². The highest BCUT2D eigenvalue weighted by Crippen LogP contribution is 2.09. The lowest BCUT2D eigenvalue weighted by molar-refractivity contribution is 0.298. The van der Waals surface area contributed by atoms with Crippen molar-refractivity contribution in [1.82, 2.24) is 15.2 Å². The number of H-pyrrole nitrogens is 1. The first-order chi connectivity index (χ1) is 7.76. The van der Waals surface area contributed by atoms with Crippen molar-refractivity contribution in [3.8, 4) is 0 Å². The molecule has 0 aliphatic rings. The van der Waals surface area contributed by atoms with Gasteiger partial charge in [0, 0.05) is 22.9 Å². The first kappa shape index (κ1) is 13.7. The molecule has 0 saturated heterocycles. The third kappa shape index (κ3) is 5.14. The highest BCUT2D eigenvalue weighted by Gasteiger charge is 1.98. The Kier molecular flexibility index (Phi) is 6.76. The van der Waals surface area contributed by atoms with Crippen LogP contribution in [0.4, 0.5) is 0 Å². The Bertz CT molecular complexity index is 282. The second-order valence-electron chi connectivity index (χ2n) is 3.90. The van der Waals surface area contributed by atoms with Crippen molar-refractivity contribution >= 4 is 15.9 Å². The summed E-state index contributed by atoms with van der Waals surface area (Å²) < 4.78 is 1.12. The molecule has 1 heterocycles. The van der Waals surface area contributed by atoms with Gasteiger partial charge in [-0.25, -0.2) is 0 Å². The van der Waals surface area contributed by atoms with E-state index in [-0.39, 0.29) is 0 Å². The van der Waals surface area contributed by atoms with Crippen LogP contribution in [0.1, 0.15) is 26.0 Å². The number of rotatable bonds is 8. The van der Waals surface area contributed by atoms with Crippen LogP contribution in [0.25, 0.3) is 0 Å². The second-order valence-corrected chi connectivity index (χ2v) is 4.82. The van der Waals surface area contributed by atoms with E-state index in [0.717, 1.165) is 30.7 Å². The Morgan fingerprint density at radius 1 is 1.38 bits per heavy atom. The lowest BCUT2D eigenvalue weighted by Gasteiger charge is -2.17. The fourth-order valence-electron chi connectivity index (χ4n) is 1.70. The Labute approximate surface area is 107 Å². The molecule has 0 atom stereocenters. The lowest BCUT2D eigenvalue weighted by atomic mass is 10.3. The zero-order valence-corrected chi connectivity index (χ0v) is 11.8. The van der Waals surface area contributed by atoms with Gasteiger partial charge in [-0.15, -0.1) is 0 Å². The summed E-state index contributed by atoms with van der Waals surface area (Å²) >= 11 is 3.43. The topological polar surface area (TPSA) is 31.1 Å². The standard InChI is InChI=1S/C12H22BrN3/c1-3-16(4-2)7-5-6-14-10-12-8-11(13)9-15-12/h8-9,14-15H,3-7,10H2,1-2H3. The SMILES string of the molecule is CCN(CC)CCCNCc1cc(Br)c[nH]1. The first-order valence-electron chi connectivity index (χ1n) is 6.02. The van der Waals surface area contributed by atoms with Crippen LogP contribution >= 0.6 is 15.9 Å². The molecule has 4 heteroatoms. The van der Waals surface area contributed by atoms with Crippen LogP contribution in [-0.2, 0) is 6.54 Å². The number of aromatic amines is 1. The molecule has 2 N–H and O–H groups in total. The van der Waals surface area contributed by atoms with Gasteiger partial charge in [0.2, 0.25) is 0 Å². The van der Waals surface area contributed by atoms with Gasteiger partial charge in [-0.3, -0.25) is 0 Å². The van der Waals surface area contributed by atoms with E-state index < -0.39 is 0 Å². The van der Waals surface area contributed by atoms with Crippen LogP contribution in [0, 0.1) is 0 Å². The van der Waals surface area contributed by atoms with Gasteiger partial charge in [-0.1, -0.05) is 13.8 Å². The zero-order chi connectivity index (χ0) is 11.8. The van der Waals surface area contributed by atoms with Crippen molar-refractivity contribution in [2.45, 2.75) is 26.8 Å². The van der Waals surface area contributed by atoms with Crippen molar-refractivity contribution in [3.05, 3.63) is 22.4 Å². The van der Waals surface area contributed by atoms with Crippen LogP contribution in [0.15, 0.2) is 16.7 Å². The molecule has 0 spiro atoms. The van der Waals surface area contributed by atoms with Crippen LogP contribution in [0.2, 0.25) is 0 Å². The van der Waals surface area contributed by atoms with Crippen LogP contribution in [0.3, 0.4) is 0 Å². The number of aromatic nitrogens is 1. The van der Waals surface area contributed by atoms with Crippen molar-refractivity contribution in [3.63, 3.8) is 0 Å². The van der Waals surface area contributed by atoms with Gasteiger partial charge in [-0.2, -0.15) is 0 Å².